The van der Waals surface area contributed by atoms with Gasteiger partial charge in [0.1, 0.15) is 0 Å². The van der Waals surface area contributed by atoms with E-state index in [0.717, 1.165) is 18.4 Å². The van der Waals surface area contributed by atoms with Gasteiger partial charge in [-0.3, -0.25) is 9.78 Å². The first-order chi connectivity index (χ1) is 11.4. The minimum absolute atomic E-state index is 0.0392. The molecule has 3 aliphatic rings. The van der Waals surface area contributed by atoms with Crippen molar-refractivity contribution in [1.82, 2.24) is 18.5 Å². The van der Waals surface area contributed by atoms with Crippen molar-refractivity contribution in [1.29, 1.82) is 0 Å². The first-order valence-electron chi connectivity index (χ1n) is 8.24. The normalized spacial score (nSPS) is 25.0. The first kappa shape index (κ1) is 17.3. The summed E-state index contributed by atoms with van der Waals surface area (Å²) in [6.07, 6.45) is 5.55. The van der Waals surface area contributed by atoms with Crippen molar-refractivity contribution in [3.05, 3.63) is 30.1 Å². The summed E-state index contributed by atoms with van der Waals surface area (Å²) in [5.74, 6) is 0.262. The second kappa shape index (κ2) is 6.78. The van der Waals surface area contributed by atoms with E-state index >= 15 is 0 Å². The summed E-state index contributed by atoms with van der Waals surface area (Å²) in [5, 5.41) is 0. The predicted octanol–water partition coefficient (Wildman–Crippen LogP) is 0.353. The van der Waals surface area contributed by atoms with Crippen molar-refractivity contribution < 1.29 is 13.2 Å². The molecule has 4 rings (SSSR count). The zero-order valence-electron chi connectivity index (χ0n) is 14.1. The summed E-state index contributed by atoms with van der Waals surface area (Å²) in [5.41, 5.74) is 0.889. The quantitative estimate of drug-likeness (QED) is 0.784. The summed E-state index contributed by atoms with van der Waals surface area (Å²) in [7, 11) is -0.340. The Morgan fingerprint density at radius 2 is 2.08 bits per heavy atom. The number of nitrogens with zero attached hydrogens (tertiary/aromatic N) is 4. The maximum Gasteiger partial charge on any atom is 0.281 e. The number of amides is 1. The molecule has 2 atom stereocenters. The third-order valence-electron chi connectivity index (χ3n) is 4.87. The predicted molar refractivity (Wildman–Crippen MR) is 90.3 cm³/mol. The Kier molecular flexibility index (Phi) is 4.89. The minimum atomic E-state index is -3.44. The van der Waals surface area contributed by atoms with Gasteiger partial charge in [-0.25, -0.2) is 0 Å². The standard InChI is InChI=1S/C16H24N4O3S/c1-18(2)24(22,23)19-10-14-5-6-15(12-19)20(11-14)16(21)8-13-4-3-7-17-9-13/h3-4,7,9,14-15H,5-6,8,10-12H2,1-2H3/t14-,15+/m0/s1. The molecule has 0 spiro atoms. The summed E-state index contributed by atoms with van der Waals surface area (Å²) in [4.78, 5) is 18.7. The van der Waals surface area contributed by atoms with Crippen molar-refractivity contribution in [3.8, 4) is 0 Å². The van der Waals surface area contributed by atoms with E-state index in [0.29, 0.717) is 26.1 Å². The van der Waals surface area contributed by atoms with Crippen LogP contribution in [0.15, 0.2) is 24.5 Å². The van der Waals surface area contributed by atoms with Gasteiger partial charge in [0, 0.05) is 52.2 Å². The maximum absolute atomic E-state index is 12.7. The average molecular weight is 352 g/mol. The van der Waals surface area contributed by atoms with Crippen molar-refractivity contribution >= 4 is 16.1 Å². The molecule has 7 nitrogen and oxygen atoms in total. The van der Waals surface area contributed by atoms with Crippen molar-refractivity contribution in [3.63, 3.8) is 0 Å². The van der Waals surface area contributed by atoms with Crippen molar-refractivity contribution in [2.24, 2.45) is 5.92 Å². The van der Waals surface area contributed by atoms with Crippen LogP contribution < -0.4 is 0 Å². The molecule has 0 radical (unpaired) electrons. The second-order valence-corrected chi connectivity index (χ2v) is 8.93. The summed E-state index contributed by atoms with van der Waals surface area (Å²) < 4.78 is 27.7. The van der Waals surface area contributed by atoms with Crippen LogP contribution in [0.3, 0.4) is 0 Å². The van der Waals surface area contributed by atoms with E-state index in [-0.39, 0.29) is 17.9 Å². The molecule has 132 valence electrons. The van der Waals surface area contributed by atoms with E-state index in [4.69, 9.17) is 0 Å². The number of rotatable bonds is 4. The third kappa shape index (κ3) is 3.45. The molecule has 0 aliphatic carbocycles. The van der Waals surface area contributed by atoms with Gasteiger partial charge in [-0.15, -0.1) is 0 Å². The lowest BCUT2D eigenvalue weighted by Crippen LogP contribution is -2.49. The lowest BCUT2D eigenvalue weighted by atomic mass is 9.94. The summed E-state index contributed by atoms with van der Waals surface area (Å²) in [6.45, 7) is 1.52. The van der Waals surface area contributed by atoms with Gasteiger partial charge in [0.2, 0.25) is 5.91 Å². The molecule has 3 aliphatic heterocycles. The van der Waals surface area contributed by atoms with E-state index in [1.807, 2.05) is 17.0 Å². The van der Waals surface area contributed by atoms with Gasteiger partial charge in [-0.1, -0.05) is 6.07 Å². The molecule has 0 aromatic carbocycles. The molecule has 4 heterocycles. The minimum Gasteiger partial charge on any atom is -0.338 e. The van der Waals surface area contributed by atoms with Crippen LogP contribution >= 0.6 is 0 Å². The third-order valence-corrected chi connectivity index (χ3v) is 6.74. The van der Waals surface area contributed by atoms with Crippen LogP contribution in [-0.2, 0) is 21.4 Å². The number of hydrogen-bond acceptors (Lipinski definition) is 4. The highest BCUT2D eigenvalue weighted by atomic mass is 32.2. The topological polar surface area (TPSA) is 73.8 Å². The van der Waals surface area contributed by atoms with Gasteiger partial charge in [0.25, 0.3) is 10.2 Å². The highest BCUT2D eigenvalue weighted by Crippen LogP contribution is 2.30. The van der Waals surface area contributed by atoms with Gasteiger partial charge < -0.3 is 4.90 Å². The monoisotopic (exact) mass is 352 g/mol. The van der Waals surface area contributed by atoms with Gasteiger partial charge in [0.15, 0.2) is 0 Å². The van der Waals surface area contributed by atoms with Gasteiger partial charge in [0.05, 0.1) is 6.42 Å². The molecule has 1 aromatic heterocycles. The lowest BCUT2D eigenvalue weighted by Gasteiger charge is -2.36. The SMILES string of the molecule is CN(C)S(=O)(=O)N1C[C@@H]2CC[C@H](C1)N(C(=O)Cc1cccnc1)C2. The van der Waals surface area contributed by atoms with Crippen LogP contribution in [0.5, 0.6) is 0 Å². The molecular weight excluding hydrogens is 328 g/mol. The fourth-order valence-electron chi connectivity index (χ4n) is 3.54. The van der Waals surface area contributed by atoms with E-state index in [2.05, 4.69) is 4.98 Å². The Labute approximate surface area is 143 Å². The molecule has 2 bridgehead atoms. The van der Waals surface area contributed by atoms with Crippen LogP contribution in [-0.4, -0.2) is 72.6 Å². The summed E-state index contributed by atoms with van der Waals surface area (Å²) in [6, 6.07) is 3.68. The molecule has 8 heteroatoms. The zero-order chi connectivity index (χ0) is 17.3. The number of pyridine rings is 1. The fraction of sp³-hybridized carbons (Fsp3) is 0.625. The van der Waals surface area contributed by atoms with Crippen LogP contribution in [0.2, 0.25) is 0 Å². The average Bonchev–Trinajstić information content (AvgIpc) is 2.88. The summed E-state index contributed by atoms with van der Waals surface area (Å²) >= 11 is 0. The van der Waals surface area contributed by atoms with E-state index in [9.17, 15) is 13.2 Å². The number of fused-ring (bicyclic) bond motifs is 4. The van der Waals surface area contributed by atoms with Crippen LogP contribution in [0, 0.1) is 5.92 Å². The van der Waals surface area contributed by atoms with Crippen molar-refractivity contribution in [2.75, 3.05) is 33.7 Å². The van der Waals surface area contributed by atoms with Gasteiger partial charge >= 0.3 is 0 Å². The smallest absolute Gasteiger partial charge is 0.281 e. The Bertz CT molecular complexity index is 693. The van der Waals surface area contributed by atoms with E-state index in [1.165, 1.54) is 8.61 Å². The Morgan fingerprint density at radius 3 is 2.75 bits per heavy atom. The Hall–Kier alpha value is -1.51. The Balaban J connectivity index is 1.75. The molecule has 0 saturated carbocycles. The van der Waals surface area contributed by atoms with Gasteiger partial charge in [-0.2, -0.15) is 17.0 Å². The molecule has 3 fully saturated rings. The number of carbonyl (C=O) groups excluding carboxylic acids is 1. The van der Waals surface area contributed by atoms with Gasteiger partial charge in [-0.05, 0) is 30.4 Å². The van der Waals surface area contributed by atoms with Crippen molar-refractivity contribution in [2.45, 2.75) is 25.3 Å². The number of aromatic nitrogens is 1. The molecule has 0 N–H and O–H groups in total. The fourth-order valence-corrected chi connectivity index (χ4v) is 4.76. The maximum atomic E-state index is 12.7. The molecule has 3 saturated heterocycles. The van der Waals surface area contributed by atoms with Crippen LogP contribution in [0.25, 0.3) is 0 Å². The highest BCUT2D eigenvalue weighted by molar-refractivity contribution is 7.86. The van der Waals surface area contributed by atoms with Crippen LogP contribution in [0.4, 0.5) is 0 Å². The molecule has 24 heavy (non-hydrogen) atoms. The zero-order valence-corrected chi connectivity index (χ0v) is 14.9. The highest BCUT2D eigenvalue weighted by Gasteiger charge is 2.41. The molecule has 1 amide bonds. The molecule has 0 unspecified atom stereocenters. The largest absolute Gasteiger partial charge is 0.338 e. The number of hydrogen-bond donors (Lipinski definition) is 0. The van der Waals surface area contributed by atoms with E-state index in [1.54, 1.807) is 26.5 Å². The lowest BCUT2D eigenvalue weighted by molar-refractivity contribution is -0.134. The van der Waals surface area contributed by atoms with E-state index < -0.39 is 10.2 Å². The molecular formula is C16H24N4O3S. The number of piperidine rings is 1. The Morgan fingerprint density at radius 1 is 1.29 bits per heavy atom. The number of carbonyl (C=O) groups is 1. The molecule has 1 aromatic rings. The second-order valence-electron chi connectivity index (χ2n) is 6.79. The first-order valence-corrected chi connectivity index (χ1v) is 9.63. The van der Waals surface area contributed by atoms with Crippen LogP contribution in [0.1, 0.15) is 18.4 Å².